The van der Waals surface area contributed by atoms with Crippen molar-refractivity contribution in [2.24, 2.45) is 0 Å². The fourth-order valence-corrected chi connectivity index (χ4v) is 3.15. The summed E-state index contributed by atoms with van der Waals surface area (Å²) in [4.78, 5) is 29.0. The molecule has 0 saturated heterocycles. The molecule has 2 heterocycles. The minimum atomic E-state index is -0.482. The first-order valence-corrected chi connectivity index (χ1v) is 8.44. The van der Waals surface area contributed by atoms with Gasteiger partial charge in [-0.05, 0) is 19.1 Å². The summed E-state index contributed by atoms with van der Waals surface area (Å²) in [6.07, 6.45) is 0. The Morgan fingerprint density at radius 2 is 2.00 bits per heavy atom. The second kappa shape index (κ2) is 5.87. The van der Waals surface area contributed by atoms with E-state index in [-0.39, 0.29) is 16.6 Å². The minimum absolute atomic E-state index is 0.0242. The Labute approximate surface area is 143 Å². The van der Waals surface area contributed by atoms with Crippen LogP contribution < -0.4 is 10.7 Å². The summed E-state index contributed by atoms with van der Waals surface area (Å²) in [7, 11) is 0. The lowest BCUT2D eigenvalue weighted by Gasteiger charge is -2.14. The molecule has 0 fully saturated rings. The van der Waals surface area contributed by atoms with E-state index in [1.807, 2.05) is 18.4 Å². The third-order valence-corrected chi connectivity index (χ3v) is 4.36. The molecule has 2 aromatic heterocycles. The summed E-state index contributed by atoms with van der Waals surface area (Å²) in [5.41, 5.74) is 1.93. The molecular weight excluding hydrogens is 324 g/mol. The molecule has 0 spiro atoms. The van der Waals surface area contributed by atoms with Gasteiger partial charge in [0, 0.05) is 16.9 Å². The normalized spacial score (nSPS) is 11.7. The Balaban J connectivity index is 1.90. The molecule has 3 rings (SSSR count). The first kappa shape index (κ1) is 16.4. The highest BCUT2D eigenvalue weighted by molar-refractivity contribution is 7.14. The van der Waals surface area contributed by atoms with Crippen molar-refractivity contribution in [3.63, 3.8) is 0 Å². The van der Waals surface area contributed by atoms with Gasteiger partial charge in [-0.2, -0.15) is 0 Å². The van der Waals surface area contributed by atoms with Crippen molar-refractivity contribution in [1.82, 2.24) is 4.98 Å². The molecule has 24 heavy (non-hydrogen) atoms. The zero-order chi connectivity index (χ0) is 17.5. The molecule has 0 saturated carbocycles. The van der Waals surface area contributed by atoms with E-state index in [2.05, 4.69) is 31.1 Å². The summed E-state index contributed by atoms with van der Waals surface area (Å²) in [6.45, 7) is 8.06. The van der Waals surface area contributed by atoms with Gasteiger partial charge in [0.1, 0.15) is 5.58 Å². The van der Waals surface area contributed by atoms with Crippen molar-refractivity contribution in [3.05, 3.63) is 56.9 Å². The van der Waals surface area contributed by atoms with Crippen LogP contribution in [0.1, 0.15) is 42.6 Å². The third-order valence-electron chi connectivity index (χ3n) is 3.60. The number of carbonyl (C=O) groups excluding carboxylic acids is 1. The summed E-state index contributed by atoms with van der Waals surface area (Å²) in [6, 6.07) is 6.50. The fourth-order valence-electron chi connectivity index (χ4n) is 2.22. The average Bonchev–Trinajstić information content (AvgIpc) is 2.96. The van der Waals surface area contributed by atoms with Crippen LogP contribution in [0.15, 0.2) is 38.9 Å². The highest BCUT2D eigenvalue weighted by atomic mass is 32.1. The van der Waals surface area contributed by atoms with Crippen molar-refractivity contribution < 1.29 is 9.21 Å². The van der Waals surface area contributed by atoms with Gasteiger partial charge in [0.05, 0.1) is 11.1 Å². The minimum Gasteiger partial charge on any atom is -0.451 e. The van der Waals surface area contributed by atoms with E-state index in [4.69, 9.17) is 4.42 Å². The lowest BCUT2D eigenvalue weighted by Crippen LogP contribution is -2.16. The maximum atomic E-state index is 12.4. The molecule has 0 radical (unpaired) electrons. The third kappa shape index (κ3) is 3.23. The predicted molar refractivity (Wildman–Crippen MR) is 96.0 cm³/mol. The first-order chi connectivity index (χ1) is 11.2. The van der Waals surface area contributed by atoms with Crippen LogP contribution in [-0.2, 0) is 5.41 Å². The van der Waals surface area contributed by atoms with Crippen LogP contribution in [0.3, 0.4) is 0 Å². The number of nitrogens with zero attached hydrogens (tertiary/aromatic N) is 1. The van der Waals surface area contributed by atoms with E-state index in [0.29, 0.717) is 16.1 Å². The number of thiazole rings is 1. The standard InChI is InChI=1S/C18H18N2O3S/c1-10-5-6-13-11(7-10)12(21)8-14(23-13)16(22)20-17-19-15(9-24-17)18(2,3)4/h5-9H,1-4H3,(H,19,20,22). The van der Waals surface area contributed by atoms with Crippen LogP contribution in [0.5, 0.6) is 0 Å². The number of benzene rings is 1. The Morgan fingerprint density at radius 1 is 1.25 bits per heavy atom. The van der Waals surface area contributed by atoms with Crippen LogP contribution in [0.2, 0.25) is 0 Å². The van der Waals surface area contributed by atoms with Crippen molar-refractivity contribution >= 4 is 33.3 Å². The molecule has 5 nitrogen and oxygen atoms in total. The van der Waals surface area contributed by atoms with Gasteiger partial charge in [-0.15, -0.1) is 11.3 Å². The largest absolute Gasteiger partial charge is 0.451 e. The quantitative estimate of drug-likeness (QED) is 0.761. The number of carbonyl (C=O) groups is 1. The topological polar surface area (TPSA) is 72.2 Å². The lowest BCUT2D eigenvalue weighted by atomic mass is 9.93. The summed E-state index contributed by atoms with van der Waals surface area (Å²) in [5.74, 6) is -0.506. The van der Waals surface area contributed by atoms with E-state index in [9.17, 15) is 9.59 Å². The Hall–Kier alpha value is -2.47. The molecule has 3 aromatic rings. The van der Waals surface area contributed by atoms with E-state index >= 15 is 0 Å². The number of anilines is 1. The summed E-state index contributed by atoms with van der Waals surface area (Å²) < 4.78 is 5.57. The van der Waals surface area contributed by atoms with Crippen molar-refractivity contribution in [2.75, 3.05) is 5.32 Å². The molecule has 1 N–H and O–H groups in total. The van der Waals surface area contributed by atoms with Gasteiger partial charge < -0.3 is 4.42 Å². The number of aryl methyl sites for hydroxylation is 1. The molecule has 0 aliphatic carbocycles. The number of nitrogens with one attached hydrogen (secondary N) is 1. The van der Waals surface area contributed by atoms with Gasteiger partial charge in [0.2, 0.25) is 0 Å². The van der Waals surface area contributed by atoms with Crippen LogP contribution in [0, 0.1) is 6.92 Å². The van der Waals surface area contributed by atoms with Crippen LogP contribution in [0.4, 0.5) is 5.13 Å². The SMILES string of the molecule is Cc1ccc2oc(C(=O)Nc3nc(C(C)(C)C)cs3)cc(=O)c2c1. The van der Waals surface area contributed by atoms with Crippen molar-refractivity contribution in [3.8, 4) is 0 Å². The summed E-state index contributed by atoms with van der Waals surface area (Å²) >= 11 is 1.35. The molecule has 124 valence electrons. The highest BCUT2D eigenvalue weighted by Gasteiger charge is 2.19. The number of hydrogen-bond acceptors (Lipinski definition) is 5. The second-order valence-corrected chi connectivity index (χ2v) is 7.57. The zero-order valence-electron chi connectivity index (χ0n) is 14.0. The van der Waals surface area contributed by atoms with Crippen LogP contribution in [0.25, 0.3) is 11.0 Å². The molecule has 0 aliphatic heterocycles. The number of rotatable bonds is 2. The highest BCUT2D eigenvalue weighted by Crippen LogP contribution is 2.26. The van der Waals surface area contributed by atoms with Gasteiger partial charge in [0.15, 0.2) is 16.3 Å². The van der Waals surface area contributed by atoms with Gasteiger partial charge in [-0.25, -0.2) is 4.98 Å². The number of aromatic nitrogens is 1. The van der Waals surface area contributed by atoms with Crippen LogP contribution in [-0.4, -0.2) is 10.9 Å². The first-order valence-electron chi connectivity index (χ1n) is 7.56. The molecule has 0 aliphatic rings. The second-order valence-electron chi connectivity index (χ2n) is 6.72. The predicted octanol–water partition coefficient (Wildman–Crippen LogP) is 4.11. The van der Waals surface area contributed by atoms with E-state index in [1.165, 1.54) is 17.4 Å². The Kier molecular flexibility index (Phi) is 4.01. The molecule has 0 atom stereocenters. The molecule has 1 aromatic carbocycles. The monoisotopic (exact) mass is 342 g/mol. The van der Waals surface area contributed by atoms with E-state index in [1.54, 1.807) is 12.1 Å². The molecule has 6 heteroatoms. The van der Waals surface area contributed by atoms with Crippen molar-refractivity contribution in [2.45, 2.75) is 33.1 Å². The van der Waals surface area contributed by atoms with Crippen molar-refractivity contribution in [1.29, 1.82) is 0 Å². The Morgan fingerprint density at radius 3 is 2.67 bits per heavy atom. The number of hydrogen-bond donors (Lipinski definition) is 1. The zero-order valence-corrected chi connectivity index (χ0v) is 14.8. The Bertz CT molecular complexity index is 980. The maximum absolute atomic E-state index is 12.4. The van der Waals surface area contributed by atoms with E-state index < -0.39 is 5.91 Å². The lowest BCUT2D eigenvalue weighted by molar-refractivity contribution is 0.0997. The number of fused-ring (bicyclic) bond motifs is 1. The molecular formula is C18H18N2O3S. The smallest absolute Gasteiger partial charge is 0.293 e. The molecule has 1 amide bonds. The number of amides is 1. The van der Waals surface area contributed by atoms with Gasteiger partial charge in [-0.1, -0.05) is 32.4 Å². The molecule has 0 bridgehead atoms. The van der Waals surface area contributed by atoms with Gasteiger partial charge in [0.25, 0.3) is 5.91 Å². The summed E-state index contributed by atoms with van der Waals surface area (Å²) in [5, 5.41) is 5.55. The fraction of sp³-hybridized carbons (Fsp3) is 0.278. The van der Waals surface area contributed by atoms with Crippen LogP contribution >= 0.6 is 11.3 Å². The van der Waals surface area contributed by atoms with Gasteiger partial charge >= 0.3 is 0 Å². The van der Waals surface area contributed by atoms with E-state index in [0.717, 1.165) is 11.3 Å². The average molecular weight is 342 g/mol. The van der Waals surface area contributed by atoms with Gasteiger partial charge in [-0.3, -0.25) is 14.9 Å². The maximum Gasteiger partial charge on any atom is 0.293 e. The molecule has 0 unspecified atom stereocenters.